The maximum atomic E-state index is 13.1. The number of amides is 2. The van der Waals surface area contributed by atoms with Crippen LogP contribution in [-0.4, -0.2) is 71.0 Å². The highest BCUT2D eigenvalue weighted by molar-refractivity contribution is 9.10. The first kappa shape index (κ1) is 27.4. The predicted octanol–water partition coefficient (Wildman–Crippen LogP) is 1.48. The zero-order valence-electron chi connectivity index (χ0n) is 20.3. The van der Waals surface area contributed by atoms with E-state index in [0.717, 1.165) is 0 Å². The summed E-state index contributed by atoms with van der Waals surface area (Å²) in [6.07, 6.45) is 4.65. The number of hydrogen-bond acceptors (Lipinski definition) is 8. The van der Waals surface area contributed by atoms with Crippen LogP contribution in [0.3, 0.4) is 0 Å². The molecule has 1 fully saturated rings. The Balaban J connectivity index is 1.73. The number of rotatable bonds is 9. The molecule has 0 spiro atoms. The molecule has 3 heterocycles. The Morgan fingerprint density at radius 3 is 2.05 bits per heavy atom. The van der Waals surface area contributed by atoms with Gasteiger partial charge in [0.15, 0.2) is 5.95 Å². The lowest BCUT2D eigenvalue weighted by Gasteiger charge is -2.58. The van der Waals surface area contributed by atoms with Crippen LogP contribution in [0.2, 0.25) is 0 Å². The van der Waals surface area contributed by atoms with Gasteiger partial charge in [0, 0.05) is 51.5 Å². The van der Waals surface area contributed by atoms with E-state index in [1.807, 2.05) is 0 Å². The summed E-state index contributed by atoms with van der Waals surface area (Å²) in [5, 5.41) is 5.65. The number of nitrogens with zero attached hydrogens (tertiary/aromatic N) is 1. The monoisotopic (exact) mass is 653 g/mol. The third-order valence-corrected chi connectivity index (χ3v) is 7.76. The molecule has 4 rings (SSSR count). The fraction of sp³-hybridized carbons (Fsp3) is 0.348. The minimum Gasteiger partial charge on any atom is -0.469 e. The number of methoxy groups -OCH3 is 2. The van der Waals surface area contributed by atoms with Gasteiger partial charge >= 0.3 is 11.9 Å². The summed E-state index contributed by atoms with van der Waals surface area (Å²) < 4.78 is 11.4. The van der Waals surface area contributed by atoms with Gasteiger partial charge < -0.3 is 40.8 Å². The molecular formula is C23H25Br2N7O6. The number of nitrogens with two attached hydrogens (primary N) is 1. The Morgan fingerprint density at radius 2 is 1.58 bits per heavy atom. The topological polar surface area (TPSA) is 197 Å². The Morgan fingerprint density at radius 1 is 1.00 bits per heavy atom. The standard InChI is InChI=1S/C23H25Br2N7O6/c1-37-20(35)16-12(7-29-18(33)13-3-10(24)5-27-13)23(17(16)21(36)38-2,15-8-30-22(26)32-15)9-31-19(34)14-4-11(25)6-28-14/h3-6,8,12,16-17,27-28H,7,9H2,1-2H3,(H,29,33)(H,31,34)(H3,26,30,32)/t12-,16-,17-,23+/m1/s1. The van der Waals surface area contributed by atoms with Crippen LogP contribution in [0.15, 0.2) is 39.7 Å². The molecule has 0 aromatic carbocycles. The highest BCUT2D eigenvalue weighted by Crippen LogP contribution is 2.57. The Hall–Kier alpha value is -3.59. The normalized spacial score (nSPS) is 22.3. The van der Waals surface area contributed by atoms with Crippen molar-refractivity contribution < 1.29 is 28.7 Å². The van der Waals surface area contributed by atoms with Gasteiger partial charge in [0.2, 0.25) is 0 Å². The van der Waals surface area contributed by atoms with Gasteiger partial charge in [-0.2, -0.15) is 0 Å². The number of imidazole rings is 1. The molecule has 2 amide bonds. The zero-order chi connectivity index (χ0) is 27.6. The predicted molar refractivity (Wildman–Crippen MR) is 141 cm³/mol. The number of aromatic amines is 3. The summed E-state index contributed by atoms with van der Waals surface area (Å²) >= 11 is 6.58. The van der Waals surface area contributed by atoms with Crippen molar-refractivity contribution >= 4 is 61.6 Å². The number of carbonyl (C=O) groups excluding carboxylic acids is 4. The summed E-state index contributed by atoms with van der Waals surface area (Å²) in [5.41, 5.74) is 5.56. The number of nitrogen functional groups attached to an aromatic ring is 1. The lowest BCUT2D eigenvalue weighted by atomic mass is 9.45. The number of aromatic nitrogens is 4. The van der Waals surface area contributed by atoms with Crippen LogP contribution in [0.4, 0.5) is 5.95 Å². The van der Waals surface area contributed by atoms with Crippen LogP contribution >= 0.6 is 31.9 Å². The summed E-state index contributed by atoms with van der Waals surface area (Å²) in [7, 11) is 2.41. The summed E-state index contributed by atoms with van der Waals surface area (Å²) in [6.45, 7) is -0.169. The molecule has 202 valence electrons. The van der Waals surface area contributed by atoms with Crippen LogP contribution in [0.25, 0.3) is 0 Å². The molecule has 3 aromatic rings. The Labute approximate surface area is 233 Å². The van der Waals surface area contributed by atoms with Crippen LogP contribution in [0.1, 0.15) is 26.7 Å². The van der Waals surface area contributed by atoms with E-state index in [0.29, 0.717) is 14.6 Å². The average molecular weight is 655 g/mol. The van der Waals surface area contributed by atoms with Gasteiger partial charge in [-0.05, 0) is 44.0 Å². The first-order chi connectivity index (χ1) is 18.1. The van der Waals surface area contributed by atoms with Crippen LogP contribution in [0, 0.1) is 17.8 Å². The molecule has 7 N–H and O–H groups in total. The van der Waals surface area contributed by atoms with Crippen molar-refractivity contribution in [3.05, 3.63) is 56.8 Å². The van der Waals surface area contributed by atoms with Crippen LogP contribution in [-0.2, 0) is 24.5 Å². The van der Waals surface area contributed by atoms with Gasteiger partial charge in [0.25, 0.3) is 11.8 Å². The first-order valence-electron chi connectivity index (χ1n) is 11.3. The van der Waals surface area contributed by atoms with Crippen molar-refractivity contribution in [2.75, 3.05) is 33.0 Å². The van der Waals surface area contributed by atoms with Crippen molar-refractivity contribution in [2.24, 2.45) is 17.8 Å². The molecule has 1 aliphatic rings. The second-order valence-corrected chi connectivity index (χ2v) is 10.6. The van der Waals surface area contributed by atoms with E-state index in [1.165, 1.54) is 20.4 Å². The molecule has 3 aromatic heterocycles. The Bertz CT molecular complexity index is 1370. The van der Waals surface area contributed by atoms with E-state index in [-0.39, 0.29) is 30.4 Å². The fourth-order valence-corrected chi connectivity index (χ4v) is 5.80. The third-order valence-electron chi connectivity index (χ3n) is 6.84. The Kier molecular flexibility index (Phi) is 7.97. The third kappa shape index (κ3) is 4.95. The number of halogens is 2. The molecule has 0 aliphatic heterocycles. The number of esters is 2. The second-order valence-electron chi connectivity index (χ2n) is 8.73. The smallest absolute Gasteiger partial charge is 0.310 e. The van der Waals surface area contributed by atoms with Crippen molar-refractivity contribution in [2.45, 2.75) is 5.41 Å². The maximum Gasteiger partial charge on any atom is 0.310 e. The quantitative estimate of drug-likeness (QED) is 0.187. The second kappa shape index (κ2) is 11.0. The van der Waals surface area contributed by atoms with Gasteiger partial charge in [0.1, 0.15) is 11.4 Å². The molecule has 1 saturated carbocycles. The number of carbonyl (C=O) groups is 4. The maximum absolute atomic E-state index is 13.1. The van der Waals surface area contributed by atoms with Crippen molar-refractivity contribution in [1.29, 1.82) is 0 Å². The molecule has 4 atom stereocenters. The number of ether oxygens (including phenoxy) is 2. The number of anilines is 1. The molecular weight excluding hydrogens is 630 g/mol. The number of H-pyrrole nitrogens is 3. The summed E-state index contributed by atoms with van der Waals surface area (Å²) in [4.78, 5) is 64.6. The van der Waals surface area contributed by atoms with Gasteiger partial charge in [0.05, 0.1) is 32.3 Å². The van der Waals surface area contributed by atoms with Gasteiger partial charge in [-0.25, -0.2) is 4.98 Å². The molecule has 0 unspecified atom stereocenters. The molecule has 0 saturated heterocycles. The minimum atomic E-state index is -1.26. The molecule has 1 aliphatic carbocycles. The summed E-state index contributed by atoms with van der Waals surface area (Å²) in [6, 6.07) is 3.20. The molecule has 38 heavy (non-hydrogen) atoms. The minimum absolute atomic E-state index is 0.0500. The lowest BCUT2D eigenvalue weighted by Crippen LogP contribution is -2.71. The number of hydrogen-bond donors (Lipinski definition) is 6. The van der Waals surface area contributed by atoms with E-state index < -0.39 is 46.9 Å². The fourth-order valence-electron chi connectivity index (χ4n) is 5.11. The first-order valence-corrected chi connectivity index (χ1v) is 12.9. The average Bonchev–Trinajstić information content (AvgIpc) is 3.64. The zero-order valence-corrected chi connectivity index (χ0v) is 23.4. The van der Waals surface area contributed by atoms with Crippen molar-refractivity contribution in [3.8, 4) is 0 Å². The van der Waals surface area contributed by atoms with Gasteiger partial charge in [-0.1, -0.05) is 0 Å². The van der Waals surface area contributed by atoms with Crippen LogP contribution in [0.5, 0.6) is 0 Å². The van der Waals surface area contributed by atoms with Crippen LogP contribution < -0.4 is 16.4 Å². The largest absolute Gasteiger partial charge is 0.469 e. The van der Waals surface area contributed by atoms with E-state index >= 15 is 0 Å². The van der Waals surface area contributed by atoms with E-state index in [1.54, 1.807) is 24.5 Å². The van der Waals surface area contributed by atoms with E-state index in [2.05, 4.69) is 62.4 Å². The summed E-state index contributed by atoms with van der Waals surface area (Å²) in [5.74, 6) is -4.97. The van der Waals surface area contributed by atoms with Gasteiger partial charge in [-0.3, -0.25) is 19.2 Å². The van der Waals surface area contributed by atoms with E-state index in [4.69, 9.17) is 15.2 Å². The highest BCUT2D eigenvalue weighted by Gasteiger charge is 2.69. The van der Waals surface area contributed by atoms with Crippen molar-refractivity contribution in [1.82, 2.24) is 30.6 Å². The highest BCUT2D eigenvalue weighted by atomic mass is 79.9. The lowest BCUT2D eigenvalue weighted by molar-refractivity contribution is -0.183. The molecule has 15 heteroatoms. The van der Waals surface area contributed by atoms with Gasteiger partial charge in [-0.15, -0.1) is 0 Å². The molecule has 0 bridgehead atoms. The molecule has 0 radical (unpaired) electrons. The molecule has 13 nitrogen and oxygen atoms in total. The van der Waals surface area contributed by atoms with E-state index in [9.17, 15) is 19.2 Å². The number of nitrogens with one attached hydrogen (secondary N) is 5. The van der Waals surface area contributed by atoms with Crippen molar-refractivity contribution in [3.63, 3.8) is 0 Å². The SMILES string of the molecule is COC(=O)[C@@H]1[C@@H](CNC(=O)c2cc(Br)c[nH]2)[C@@](CNC(=O)c2cc(Br)c[nH]2)(c2cnc(N)[nH]2)[C@H]1C(=O)OC.